The van der Waals surface area contributed by atoms with Gasteiger partial charge in [0, 0.05) is 13.1 Å². The lowest BCUT2D eigenvalue weighted by Crippen LogP contribution is -2.20. The predicted molar refractivity (Wildman–Crippen MR) is 75.3 cm³/mol. The second kappa shape index (κ2) is 6.98. The van der Waals surface area contributed by atoms with Crippen molar-refractivity contribution in [2.75, 3.05) is 45.3 Å². The standard InChI is InChI=1S/C12H23N5O2/c1-5-6-14-11-9(12(18)19-4)10(13)17(15-11)8-7-16(2)3/h5-8,13H2,1-4H3,(H,14,15). The Bertz CT molecular complexity index is 428. The molecule has 0 unspecified atom stereocenters. The number of anilines is 2. The fourth-order valence-corrected chi connectivity index (χ4v) is 1.61. The lowest BCUT2D eigenvalue weighted by Gasteiger charge is -2.10. The van der Waals surface area contributed by atoms with E-state index in [-0.39, 0.29) is 0 Å². The molecule has 1 aromatic rings. The van der Waals surface area contributed by atoms with Gasteiger partial charge >= 0.3 is 5.97 Å². The van der Waals surface area contributed by atoms with Crippen LogP contribution in [0.3, 0.4) is 0 Å². The number of ether oxygens (including phenoxy) is 1. The van der Waals surface area contributed by atoms with Gasteiger partial charge in [-0.15, -0.1) is 0 Å². The average Bonchev–Trinajstić information content (AvgIpc) is 2.69. The van der Waals surface area contributed by atoms with Gasteiger partial charge in [-0.2, -0.15) is 5.10 Å². The topological polar surface area (TPSA) is 85.4 Å². The molecule has 0 radical (unpaired) electrons. The molecule has 0 spiro atoms. The molecule has 0 aliphatic carbocycles. The Hall–Kier alpha value is -1.76. The summed E-state index contributed by atoms with van der Waals surface area (Å²) >= 11 is 0. The normalized spacial score (nSPS) is 10.8. The van der Waals surface area contributed by atoms with E-state index in [2.05, 4.69) is 10.4 Å². The summed E-state index contributed by atoms with van der Waals surface area (Å²) in [5, 5.41) is 7.44. The minimum absolute atomic E-state index is 0.315. The highest BCUT2D eigenvalue weighted by atomic mass is 16.5. The van der Waals surface area contributed by atoms with Gasteiger partial charge < -0.3 is 20.7 Å². The zero-order chi connectivity index (χ0) is 14.4. The third-order valence-electron chi connectivity index (χ3n) is 2.68. The van der Waals surface area contributed by atoms with E-state index in [4.69, 9.17) is 10.5 Å². The van der Waals surface area contributed by atoms with Gasteiger partial charge in [0.2, 0.25) is 0 Å². The summed E-state index contributed by atoms with van der Waals surface area (Å²) in [5.41, 5.74) is 6.29. The maximum atomic E-state index is 11.8. The summed E-state index contributed by atoms with van der Waals surface area (Å²) in [6.07, 6.45) is 0.936. The van der Waals surface area contributed by atoms with Crippen molar-refractivity contribution in [2.24, 2.45) is 0 Å². The van der Waals surface area contributed by atoms with Crippen LogP contribution in [0.4, 0.5) is 11.6 Å². The number of nitrogens with zero attached hydrogens (tertiary/aromatic N) is 3. The number of nitrogen functional groups attached to an aromatic ring is 1. The van der Waals surface area contributed by atoms with Gasteiger partial charge in [-0.1, -0.05) is 6.92 Å². The van der Waals surface area contributed by atoms with Crippen molar-refractivity contribution in [3.8, 4) is 0 Å². The van der Waals surface area contributed by atoms with E-state index in [1.54, 1.807) is 4.68 Å². The van der Waals surface area contributed by atoms with Crippen LogP contribution in [0.25, 0.3) is 0 Å². The van der Waals surface area contributed by atoms with Gasteiger partial charge in [-0.25, -0.2) is 9.48 Å². The fourth-order valence-electron chi connectivity index (χ4n) is 1.61. The number of methoxy groups -OCH3 is 1. The Labute approximate surface area is 113 Å². The molecule has 0 amide bonds. The van der Waals surface area contributed by atoms with Crippen molar-refractivity contribution in [3.05, 3.63) is 5.56 Å². The number of likely N-dealkylation sites (N-methyl/N-ethyl adjacent to an activating group) is 1. The lowest BCUT2D eigenvalue weighted by atomic mass is 10.3. The van der Waals surface area contributed by atoms with Crippen LogP contribution in [-0.4, -0.2) is 54.9 Å². The van der Waals surface area contributed by atoms with Gasteiger partial charge in [-0.3, -0.25) is 0 Å². The summed E-state index contributed by atoms with van der Waals surface area (Å²) in [6.45, 7) is 4.18. The molecular weight excluding hydrogens is 246 g/mol. The monoisotopic (exact) mass is 269 g/mol. The van der Waals surface area contributed by atoms with Crippen LogP contribution in [-0.2, 0) is 11.3 Å². The SMILES string of the molecule is CCCNc1nn(CCN(C)C)c(N)c1C(=O)OC. The van der Waals surface area contributed by atoms with E-state index < -0.39 is 5.97 Å². The molecule has 0 aromatic carbocycles. The third kappa shape index (κ3) is 3.85. The van der Waals surface area contributed by atoms with Crippen LogP contribution < -0.4 is 11.1 Å². The quantitative estimate of drug-likeness (QED) is 0.706. The van der Waals surface area contributed by atoms with Crippen molar-refractivity contribution in [1.82, 2.24) is 14.7 Å². The first-order chi connectivity index (χ1) is 9.01. The number of esters is 1. The van der Waals surface area contributed by atoms with E-state index in [1.165, 1.54) is 7.11 Å². The van der Waals surface area contributed by atoms with Crippen LogP contribution in [0, 0.1) is 0 Å². The minimum Gasteiger partial charge on any atom is -0.465 e. The number of hydrogen-bond donors (Lipinski definition) is 2. The molecule has 3 N–H and O–H groups in total. The average molecular weight is 269 g/mol. The van der Waals surface area contributed by atoms with Gasteiger partial charge in [0.15, 0.2) is 5.82 Å². The molecule has 0 saturated heterocycles. The predicted octanol–water partition coefficient (Wildman–Crippen LogP) is 0.635. The van der Waals surface area contributed by atoms with Crippen molar-refractivity contribution < 1.29 is 9.53 Å². The first kappa shape index (κ1) is 15.3. The highest BCUT2D eigenvalue weighted by Crippen LogP contribution is 2.22. The number of rotatable bonds is 7. The number of nitrogens with one attached hydrogen (secondary N) is 1. The van der Waals surface area contributed by atoms with Crippen LogP contribution in [0.5, 0.6) is 0 Å². The molecule has 1 heterocycles. The molecule has 7 nitrogen and oxygen atoms in total. The summed E-state index contributed by atoms with van der Waals surface area (Å²) < 4.78 is 6.38. The molecule has 0 atom stereocenters. The van der Waals surface area contributed by atoms with E-state index in [9.17, 15) is 4.79 Å². The molecule has 19 heavy (non-hydrogen) atoms. The van der Waals surface area contributed by atoms with Gasteiger partial charge in [-0.05, 0) is 20.5 Å². The number of aromatic nitrogens is 2. The second-order valence-corrected chi connectivity index (χ2v) is 4.55. The minimum atomic E-state index is -0.466. The number of hydrogen-bond acceptors (Lipinski definition) is 6. The van der Waals surface area contributed by atoms with E-state index >= 15 is 0 Å². The van der Waals surface area contributed by atoms with E-state index in [1.807, 2.05) is 25.9 Å². The van der Waals surface area contributed by atoms with Gasteiger partial charge in [0.1, 0.15) is 11.4 Å². The smallest absolute Gasteiger partial charge is 0.345 e. The maximum absolute atomic E-state index is 11.8. The fraction of sp³-hybridized carbons (Fsp3) is 0.667. The number of carbonyl (C=O) groups is 1. The van der Waals surface area contributed by atoms with Crippen LogP contribution in [0.15, 0.2) is 0 Å². The van der Waals surface area contributed by atoms with Crippen LogP contribution >= 0.6 is 0 Å². The largest absolute Gasteiger partial charge is 0.465 e. The molecular formula is C12H23N5O2. The molecule has 0 aliphatic heterocycles. The molecule has 0 fully saturated rings. The Morgan fingerprint density at radius 2 is 2.21 bits per heavy atom. The first-order valence-electron chi connectivity index (χ1n) is 6.34. The molecule has 0 aliphatic rings. The summed E-state index contributed by atoms with van der Waals surface area (Å²) in [7, 11) is 5.27. The molecule has 108 valence electrons. The van der Waals surface area contributed by atoms with Crippen molar-refractivity contribution >= 4 is 17.6 Å². The Balaban J connectivity index is 3.00. The molecule has 1 aromatic heterocycles. The van der Waals surface area contributed by atoms with Crippen molar-refractivity contribution in [3.63, 3.8) is 0 Å². The summed E-state index contributed by atoms with van der Waals surface area (Å²) in [4.78, 5) is 13.8. The van der Waals surface area contributed by atoms with E-state index in [0.29, 0.717) is 23.7 Å². The lowest BCUT2D eigenvalue weighted by molar-refractivity contribution is 0.0603. The highest BCUT2D eigenvalue weighted by Gasteiger charge is 2.22. The Morgan fingerprint density at radius 1 is 1.53 bits per heavy atom. The van der Waals surface area contributed by atoms with Crippen molar-refractivity contribution in [1.29, 1.82) is 0 Å². The van der Waals surface area contributed by atoms with Crippen molar-refractivity contribution in [2.45, 2.75) is 19.9 Å². The van der Waals surface area contributed by atoms with E-state index in [0.717, 1.165) is 19.5 Å². The summed E-state index contributed by atoms with van der Waals surface area (Å²) in [5.74, 6) is 0.365. The zero-order valence-corrected chi connectivity index (χ0v) is 12.1. The number of carbonyl (C=O) groups excluding carboxylic acids is 1. The van der Waals surface area contributed by atoms with Gasteiger partial charge in [0.25, 0.3) is 0 Å². The molecule has 1 rings (SSSR count). The van der Waals surface area contributed by atoms with Gasteiger partial charge in [0.05, 0.1) is 13.7 Å². The van der Waals surface area contributed by atoms with Crippen LogP contribution in [0.1, 0.15) is 23.7 Å². The third-order valence-corrected chi connectivity index (χ3v) is 2.68. The number of nitrogens with two attached hydrogens (primary N) is 1. The maximum Gasteiger partial charge on any atom is 0.345 e. The Kier molecular flexibility index (Phi) is 5.62. The highest BCUT2D eigenvalue weighted by molar-refractivity contribution is 5.99. The Morgan fingerprint density at radius 3 is 2.74 bits per heavy atom. The molecule has 0 bridgehead atoms. The van der Waals surface area contributed by atoms with Crippen LogP contribution in [0.2, 0.25) is 0 Å². The second-order valence-electron chi connectivity index (χ2n) is 4.55. The zero-order valence-electron chi connectivity index (χ0n) is 12.1. The first-order valence-corrected chi connectivity index (χ1v) is 6.34. The molecule has 0 saturated carbocycles. The molecule has 7 heteroatoms. The summed E-state index contributed by atoms with van der Waals surface area (Å²) in [6, 6.07) is 0.